The number of aryl methyl sites for hydroxylation is 1. The monoisotopic (exact) mass is 533 g/mol. The maximum Gasteiger partial charge on any atom is 0.348 e. The first-order valence-electron chi connectivity index (χ1n) is 10.7. The molecule has 0 saturated carbocycles. The number of halogens is 1. The fourth-order valence-electron chi connectivity index (χ4n) is 3.13. The number of thiophene rings is 1. The second-order valence-corrected chi connectivity index (χ2v) is 9.65. The molecule has 11 heteroatoms. The Hall–Kier alpha value is -2.95. The van der Waals surface area contributed by atoms with Crippen molar-refractivity contribution in [2.24, 2.45) is 0 Å². The zero-order valence-corrected chi connectivity index (χ0v) is 22.0. The van der Waals surface area contributed by atoms with Crippen LogP contribution in [0.4, 0.5) is 5.00 Å². The standard InChI is InChI=1S/C24H24ClN3O5S2/c1-5-32-22(30)17-14(4)19(23(31)33-6-2)35-21(17)28-20(29)18-16(25)11-26-24(27-18)34-12-15-9-7-8-13(3)10-15/h7-11H,5-6,12H2,1-4H3,(H,28,29). The highest BCUT2D eigenvalue weighted by Gasteiger charge is 2.28. The smallest absolute Gasteiger partial charge is 0.348 e. The van der Waals surface area contributed by atoms with Gasteiger partial charge in [0.1, 0.15) is 9.88 Å². The molecule has 184 valence electrons. The topological polar surface area (TPSA) is 107 Å². The van der Waals surface area contributed by atoms with Gasteiger partial charge in [0.05, 0.1) is 30.0 Å². The normalized spacial score (nSPS) is 10.7. The molecule has 1 N–H and O–H groups in total. The van der Waals surface area contributed by atoms with Crippen LogP contribution in [-0.4, -0.2) is 41.0 Å². The van der Waals surface area contributed by atoms with Crippen molar-refractivity contribution in [3.05, 3.63) is 68.3 Å². The zero-order chi connectivity index (χ0) is 25.5. The van der Waals surface area contributed by atoms with E-state index < -0.39 is 17.8 Å². The summed E-state index contributed by atoms with van der Waals surface area (Å²) in [6.45, 7) is 7.27. The number of rotatable bonds is 9. The molecule has 0 spiro atoms. The van der Waals surface area contributed by atoms with Crippen molar-refractivity contribution in [1.29, 1.82) is 0 Å². The fourth-order valence-corrected chi connectivity index (χ4v) is 5.15. The molecule has 0 aliphatic carbocycles. The second-order valence-electron chi connectivity index (χ2n) is 7.28. The Bertz CT molecular complexity index is 1260. The highest BCUT2D eigenvalue weighted by Crippen LogP contribution is 2.35. The summed E-state index contributed by atoms with van der Waals surface area (Å²) in [5, 5.41) is 3.24. The minimum atomic E-state index is -0.657. The number of nitrogens with one attached hydrogen (secondary N) is 1. The molecule has 3 aromatic rings. The van der Waals surface area contributed by atoms with Gasteiger partial charge in [0.25, 0.3) is 5.91 Å². The molecule has 1 amide bonds. The molecule has 35 heavy (non-hydrogen) atoms. The lowest BCUT2D eigenvalue weighted by atomic mass is 10.1. The Morgan fingerprint density at radius 1 is 1.11 bits per heavy atom. The maximum atomic E-state index is 13.1. The van der Waals surface area contributed by atoms with Crippen LogP contribution in [0.1, 0.15) is 61.1 Å². The molecule has 1 aromatic carbocycles. The lowest BCUT2D eigenvalue weighted by Crippen LogP contribution is -2.17. The minimum Gasteiger partial charge on any atom is -0.462 e. The van der Waals surface area contributed by atoms with Crippen molar-refractivity contribution in [3.8, 4) is 0 Å². The van der Waals surface area contributed by atoms with Gasteiger partial charge < -0.3 is 14.8 Å². The molecule has 0 radical (unpaired) electrons. The van der Waals surface area contributed by atoms with Crippen LogP contribution in [0, 0.1) is 13.8 Å². The lowest BCUT2D eigenvalue weighted by molar-refractivity contribution is 0.0527. The average molecular weight is 534 g/mol. The predicted octanol–water partition coefficient (Wildman–Crippen LogP) is 5.71. The number of carbonyl (C=O) groups excluding carboxylic acids is 3. The van der Waals surface area contributed by atoms with E-state index in [4.69, 9.17) is 21.1 Å². The molecule has 0 bridgehead atoms. The van der Waals surface area contributed by atoms with Gasteiger partial charge in [0.15, 0.2) is 10.9 Å². The van der Waals surface area contributed by atoms with Gasteiger partial charge in [-0.25, -0.2) is 19.6 Å². The Labute approximate surface area is 216 Å². The first-order chi connectivity index (χ1) is 16.7. The third kappa shape index (κ3) is 6.59. The average Bonchev–Trinajstić information content (AvgIpc) is 3.14. The van der Waals surface area contributed by atoms with Crippen LogP contribution in [0.3, 0.4) is 0 Å². The van der Waals surface area contributed by atoms with Crippen molar-refractivity contribution in [2.45, 2.75) is 38.6 Å². The highest BCUT2D eigenvalue weighted by atomic mass is 35.5. The van der Waals surface area contributed by atoms with Crippen LogP contribution in [0.2, 0.25) is 5.02 Å². The summed E-state index contributed by atoms with van der Waals surface area (Å²) in [4.78, 5) is 46.8. The van der Waals surface area contributed by atoms with Crippen LogP contribution in [0.25, 0.3) is 0 Å². The van der Waals surface area contributed by atoms with Gasteiger partial charge >= 0.3 is 11.9 Å². The van der Waals surface area contributed by atoms with E-state index in [0.29, 0.717) is 16.5 Å². The summed E-state index contributed by atoms with van der Waals surface area (Å²) < 4.78 is 10.2. The SMILES string of the molecule is CCOC(=O)c1sc(NC(=O)c2nc(SCc3cccc(C)c3)ncc2Cl)c(C(=O)OCC)c1C. The summed E-state index contributed by atoms with van der Waals surface area (Å²) in [5.74, 6) is -1.27. The van der Waals surface area contributed by atoms with Crippen LogP contribution in [0.5, 0.6) is 0 Å². The van der Waals surface area contributed by atoms with Crippen molar-refractivity contribution in [1.82, 2.24) is 9.97 Å². The first kappa shape index (κ1) is 26.7. The Kier molecular flexibility index (Phi) is 9.25. The van der Waals surface area contributed by atoms with E-state index >= 15 is 0 Å². The van der Waals surface area contributed by atoms with Crippen molar-refractivity contribution in [2.75, 3.05) is 18.5 Å². The van der Waals surface area contributed by atoms with E-state index in [1.165, 1.54) is 18.0 Å². The number of hydrogen-bond acceptors (Lipinski definition) is 9. The molecule has 2 heterocycles. The van der Waals surface area contributed by atoms with Gasteiger partial charge in [-0.3, -0.25) is 4.79 Å². The van der Waals surface area contributed by atoms with Crippen LogP contribution >= 0.6 is 34.7 Å². The van der Waals surface area contributed by atoms with Gasteiger partial charge in [-0.2, -0.15) is 0 Å². The number of anilines is 1. The van der Waals surface area contributed by atoms with Crippen molar-refractivity contribution >= 4 is 57.5 Å². The third-order valence-electron chi connectivity index (χ3n) is 4.70. The molecule has 0 atom stereocenters. The predicted molar refractivity (Wildman–Crippen MR) is 137 cm³/mol. The van der Waals surface area contributed by atoms with Gasteiger partial charge in [-0.15, -0.1) is 11.3 Å². The number of amides is 1. The van der Waals surface area contributed by atoms with Crippen LogP contribution < -0.4 is 5.32 Å². The molecule has 0 aliphatic rings. The van der Waals surface area contributed by atoms with Gasteiger partial charge in [-0.05, 0) is 38.8 Å². The number of benzene rings is 1. The molecular weight excluding hydrogens is 510 g/mol. The van der Waals surface area contributed by atoms with E-state index in [9.17, 15) is 14.4 Å². The Balaban J connectivity index is 1.87. The molecule has 0 fully saturated rings. The Morgan fingerprint density at radius 3 is 2.51 bits per heavy atom. The molecule has 0 aliphatic heterocycles. The van der Waals surface area contributed by atoms with Crippen LogP contribution in [-0.2, 0) is 15.2 Å². The highest BCUT2D eigenvalue weighted by molar-refractivity contribution is 7.98. The fraction of sp³-hybridized carbons (Fsp3) is 0.292. The quantitative estimate of drug-likeness (QED) is 0.212. The third-order valence-corrected chi connectivity index (χ3v) is 7.10. The molecule has 3 rings (SSSR count). The molecule has 0 saturated heterocycles. The van der Waals surface area contributed by atoms with E-state index in [-0.39, 0.29) is 39.4 Å². The van der Waals surface area contributed by atoms with E-state index in [1.54, 1.807) is 20.8 Å². The number of ether oxygens (including phenoxy) is 2. The van der Waals surface area contributed by atoms with Gasteiger partial charge in [0, 0.05) is 5.75 Å². The second kappa shape index (κ2) is 12.1. The summed E-state index contributed by atoms with van der Waals surface area (Å²) >= 11 is 8.52. The summed E-state index contributed by atoms with van der Waals surface area (Å²) in [6.07, 6.45) is 1.36. The Morgan fingerprint density at radius 2 is 1.83 bits per heavy atom. The zero-order valence-electron chi connectivity index (χ0n) is 19.6. The first-order valence-corrected chi connectivity index (χ1v) is 12.9. The number of carbonyl (C=O) groups is 3. The number of esters is 2. The van der Waals surface area contributed by atoms with Crippen molar-refractivity contribution in [3.63, 3.8) is 0 Å². The number of thioether (sulfide) groups is 1. The van der Waals surface area contributed by atoms with E-state index in [1.807, 2.05) is 25.1 Å². The largest absolute Gasteiger partial charge is 0.462 e. The summed E-state index contributed by atoms with van der Waals surface area (Å²) in [7, 11) is 0. The van der Waals surface area contributed by atoms with Gasteiger partial charge in [-0.1, -0.05) is 53.2 Å². The van der Waals surface area contributed by atoms with E-state index in [2.05, 4.69) is 21.4 Å². The molecule has 2 aromatic heterocycles. The maximum absolute atomic E-state index is 13.1. The number of hydrogen-bond donors (Lipinski definition) is 1. The van der Waals surface area contributed by atoms with E-state index in [0.717, 1.165) is 22.5 Å². The lowest BCUT2D eigenvalue weighted by Gasteiger charge is -2.09. The summed E-state index contributed by atoms with van der Waals surface area (Å²) in [5.41, 5.74) is 2.65. The summed E-state index contributed by atoms with van der Waals surface area (Å²) in [6, 6.07) is 8.05. The van der Waals surface area contributed by atoms with Gasteiger partial charge in [0.2, 0.25) is 0 Å². The number of aromatic nitrogens is 2. The molecule has 0 unspecified atom stereocenters. The molecular formula is C24H24ClN3O5S2. The molecule has 8 nitrogen and oxygen atoms in total. The van der Waals surface area contributed by atoms with Crippen LogP contribution in [0.15, 0.2) is 35.6 Å². The number of nitrogens with zero attached hydrogens (tertiary/aromatic N) is 2. The minimum absolute atomic E-state index is 0.0491. The van der Waals surface area contributed by atoms with Crippen molar-refractivity contribution < 1.29 is 23.9 Å².